The third-order valence-corrected chi connectivity index (χ3v) is 2.57. The molecule has 84 valence electrons. The SMILES string of the molecule is CCC(C)(OC)c1nc(C)c(C(=O)O)o1. The zero-order valence-electron chi connectivity index (χ0n) is 9.33. The molecular weight excluding hydrogens is 198 g/mol. The first-order valence-electron chi connectivity index (χ1n) is 4.71. The fourth-order valence-electron chi connectivity index (χ4n) is 1.20. The Balaban J connectivity index is 3.17. The zero-order chi connectivity index (χ0) is 11.6. The van der Waals surface area contributed by atoms with E-state index in [2.05, 4.69) is 4.98 Å². The van der Waals surface area contributed by atoms with Crippen LogP contribution in [0.3, 0.4) is 0 Å². The molecule has 0 spiro atoms. The van der Waals surface area contributed by atoms with Crippen LogP contribution in [-0.2, 0) is 10.3 Å². The molecule has 15 heavy (non-hydrogen) atoms. The summed E-state index contributed by atoms with van der Waals surface area (Å²) in [5, 5.41) is 8.82. The zero-order valence-corrected chi connectivity index (χ0v) is 9.33. The largest absolute Gasteiger partial charge is 0.475 e. The summed E-state index contributed by atoms with van der Waals surface area (Å²) < 4.78 is 10.5. The molecule has 1 unspecified atom stereocenters. The molecule has 0 radical (unpaired) electrons. The number of ether oxygens (including phenoxy) is 1. The maximum absolute atomic E-state index is 10.8. The highest BCUT2D eigenvalue weighted by Gasteiger charge is 2.32. The van der Waals surface area contributed by atoms with Crippen molar-refractivity contribution in [1.29, 1.82) is 0 Å². The van der Waals surface area contributed by atoms with E-state index in [0.717, 1.165) is 0 Å². The van der Waals surface area contributed by atoms with Gasteiger partial charge in [-0.25, -0.2) is 9.78 Å². The van der Waals surface area contributed by atoms with Crippen molar-refractivity contribution in [2.75, 3.05) is 7.11 Å². The van der Waals surface area contributed by atoms with Crippen molar-refractivity contribution in [2.45, 2.75) is 32.8 Å². The number of aryl methyl sites for hydroxylation is 1. The van der Waals surface area contributed by atoms with E-state index in [1.807, 2.05) is 13.8 Å². The fraction of sp³-hybridized carbons (Fsp3) is 0.600. The molecule has 1 rings (SSSR count). The molecule has 1 atom stereocenters. The topological polar surface area (TPSA) is 72.6 Å². The minimum atomic E-state index is -1.11. The summed E-state index contributed by atoms with van der Waals surface area (Å²) >= 11 is 0. The Hall–Kier alpha value is -1.36. The van der Waals surface area contributed by atoms with E-state index in [9.17, 15) is 4.79 Å². The third-order valence-electron chi connectivity index (χ3n) is 2.57. The maximum atomic E-state index is 10.8. The van der Waals surface area contributed by atoms with Crippen LogP contribution in [0.2, 0.25) is 0 Å². The van der Waals surface area contributed by atoms with E-state index in [4.69, 9.17) is 14.3 Å². The summed E-state index contributed by atoms with van der Waals surface area (Å²) in [5.41, 5.74) is -0.299. The van der Waals surface area contributed by atoms with Crippen molar-refractivity contribution in [1.82, 2.24) is 4.98 Å². The molecule has 1 heterocycles. The van der Waals surface area contributed by atoms with Gasteiger partial charge in [0.1, 0.15) is 5.60 Å². The van der Waals surface area contributed by atoms with Crippen LogP contribution in [0.1, 0.15) is 42.4 Å². The lowest BCUT2D eigenvalue weighted by molar-refractivity contribution is -0.0242. The van der Waals surface area contributed by atoms with Crippen LogP contribution in [0.25, 0.3) is 0 Å². The fourth-order valence-corrected chi connectivity index (χ4v) is 1.20. The van der Waals surface area contributed by atoms with Crippen LogP contribution in [0.5, 0.6) is 0 Å². The van der Waals surface area contributed by atoms with Gasteiger partial charge in [0.15, 0.2) is 0 Å². The Labute approximate surface area is 88.1 Å². The number of oxazole rings is 1. The second-order valence-corrected chi connectivity index (χ2v) is 3.53. The second kappa shape index (κ2) is 4.02. The lowest BCUT2D eigenvalue weighted by atomic mass is 10.0. The minimum absolute atomic E-state index is 0.123. The van der Waals surface area contributed by atoms with Gasteiger partial charge in [-0.05, 0) is 20.3 Å². The lowest BCUT2D eigenvalue weighted by Gasteiger charge is -2.22. The highest BCUT2D eigenvalue weighted by molar-refractivity contribution is 5.85. The maximum Gasteiger partial charge on any atom is 0.373 e. The third kappa shape index (κ3) is 2.02. The number of nitrogens with zero attached hydrogens (tertiary/aromatic N) is 1. The quantitative estimate of drug-likeness (QED) is 0.827. The number of methoxy groups -OCH3 is 1. The van der Waals surface area contributed by atoms with Crippen LogP contribution in [0, 0.1) is 6.92 Å². The summed E-state index contributed by atoms with van der Waals surface area (Å²) in [6, 6.07) is 0. The molecule has 0 aliphatic carbocycles. The van der Waals surface area contributed by atoms with Gasteiger partial charge in [0, 0.05) is 7.11 Å². The van der Waals surface area contributed by atoms with E-state index in [-0.39, 0.29) is 5.76 Å². The van der Waals surface area contributed by atoms with Gasteiger partial charge in [-0.2, -0.15) is 0 Å². The standard InChI is InChI=1S/C10H15NO4/c1-5-10(3,14-4)9-11-6(2)7(15-9)8(12)13/h5H2,1-4H3,(H,12,13). The predicted octanol–water partition coefficient (Wildman–Crippen LogP) is 1.95. The summed E-state index contributed by atoms with van der Waals surface area (Å²) in [6.07, 6.45) is 0.655. The number of aromatic nitrogens is 1. The van der Waals surface area contributed by atoms with Crippen LogP contribution in [-0.4, -0.2) is 23.2 Å². The predicted molar refractivity (Wildman–Crippen MR) is 52.9 cm³/mol. The van der Waals surface area contributed by atoms with Crippen molar-refractivity contribution in [3.8, 4) is 0 Å². The highest BCUT2D eigenvalue weighted by Crippen LogP contribution is 2.28. The van der Waals surface area contributed by atoms with Crippen molar-refractivity contribution >= 4 is 5.97 Å². The van der Waals surface area contributed by atoms with Gasteiger partial charge in [0.05, 0.1) is 5.69 Å². The number of rotatable bonds is 4. The average Bonchev–Trinajstić information content (AvgIpc) is 2.59. The number of hydrogen-bond acceptors (Lipinski definition) is 4. The normalized spacial score (nSPS) is 14.9. The number of aromatic carboxylic acids is 1. The van der Waals surface area contributed by atoms with E-state index in [0.29, 0.717) is 18.0 Å². The Morgan fingerprint density at radius 2 is 2.27 bits per heavy atom. The molecule has 0 amide bonds. The summed E-state index contributed by atoms with van der Waals surface area (Å²) in [5.74, 6) is -0.926. The lowest BCUT2D eigenvalue weighted by Crippen LogP contribution is -2.23. The minimum Gasteiger partial charge on any atom is -0.475 e. The van der Waals surface area contributed by atoms with Gasteiger partial charge in [-0.3, -0.25) is 0 Å². The molecule has 1 aromatic rings. The first-order valence-corrected chi connectivity index (χ1v) is 4.71. The first kappa shape index (κ1) is 11.7. The monoisotopic (exact) mass is 213 g/mol. The highest BCUT2D eigenvalue weighted by atomic mass is 16.5. The molecular formula is C10H15NO4. The van der Waals surface area contributed by atoms with Gasteiger partial charge in [0.2, 0.25) is 11.7 Å². The summed E-state index contributed by atoms with van der Waals surface area (Å²) in [7, 11) is 1.55. The number of hydrogen-bond donors (Lipinski definition) is 1. The molecule has 5 nitrogen and oxygen atoms in total. The van der Waals surface area contributed by atoms with Crippen LogP contribution >= 0.6 is 0 Å². The second-order valence-electron chi connectivity index (χ2n) is 3.53. The molecule has 0 aliphatic rings. The van der Waals surface area contributed by atoms with Gasteiger partial charge in [0.25, 0.3) is 0 Å². The van der Waals surface area contributed by atoms with Crippen molar-refractivity contribution in [3.05, 3.63) is 17.3 Å². The molecule has 0 aliphatic heterocycles. The Bertz CT molecular complexity index is 365. The molecule has 0 saturated carbocycles. The van der Waals surface area contributed by atoms with Gasteiger partial charge in [-0.1, -0.05) is 6.92 Å². The van der Waals surface area contributed by atoms with E-state index < -0.39 is 11.6 Å². The Kier molecular flexibility index (Phi) is 3.14. The van der Waals surface area contributed by atoms with Gasteiger partial charge >= 0.3 is 5.97 Å². The van der Waals surface area contributed by atoms with Crippen molar-refractivity contribution in [2.24, 2.45) is 0 Å². The molecule has 0 bridgehead atoms. The smallest absolute Gasteiger partial charge is 0.373 e. The first-order chi connectivity index (χ1) is 6.94. The van der Waals surface area contributed by atoms with E-state index >= 15 is 0 Å². The molecule has 5 heteroatoms. The number of carboxylic acid groups (broad SMARTS) is 1. The summed E-state index contributed by atoms with van der Waals surface area (Å²) in [4.78, 5) is 14.8. The number of carbonyl (C=O) groups is 1. The van der Waals surface area contributed by atoms with Crippen molar-refractivity contribution in [3.63, 3.8) is 0 Å². The van der Waals surface area contributed by atoms with E-state index in [1.54, 1.807) is 14.0 Å². The van der Waals surface area contributed by atoms with Gasteiger partial charge in [-0.15, -0.1) is 0 Å². The molecule has 0 aromatic carbocycles. The summed E-state index contributed by atoms with van der Waals surface area (Å²) in [6.45, 7) is 5.33. The van der Waals surface area contributed by atoms with Crippen LogP contribution < -0.4 is 0 Å². The Morgan fingerprint density at radius 1 is 1.67 bits per heavy atom. The Morgan fingerprint density at radius 3 is 2.60 bits per heavy atom. The molecule has 0 fully saturated rings. The molecule has 1 aromatic heterocycles. The van der Waals surface area contributed by atoms with Crippen molar-refractivity contribution < 1.29 is 19.1 Å². The van der Waals surface area contributed by atoms with Gasteiger partial charge < -0.3 is 14.3 Å². The van der Waals surface area contributed by atoms with E-state index in [1.165, 1.54) is 0 Å². The number of carboxylic acids is 1. The molecule has 0 saturated heterocycles. The van der Waals surface area contributed by atoms with Crippen LogP contribution in [0.4, 0.5) is 0 Å². The molecule has 1 N–H and O–H groups in total. The van der Waals surface area contributed by atoms with Crippen LogP contribution in [0.15, 0.2) is 4.42 Å². The average molecular weight is 213 g/mol.